The average molecular weight is 328 g/mol. The van der Waals surface area contributed by atoms with Crippen LogP contribution in [-0.4, -0.2) is 0 Å². The van der Waals surface area contributed by atoms with Gasteiger partial charge in [-0.05, 0) is 24.3 Å². The molecule has 0 unspecified atom stereocenters. The molecule has 2 rings (SSSR count). The van der Waals surface area contributed by atoms with E-state index in [2.05, 4.69) is 0 Å². The van der Waals surface area contributed by atoms with Gasteiger partial charge in [-0.3, -0.25) is 0 Å². The van der Waals surface area contributed by atoms with Crippen molar-refractivity contribution in [1.82, 2.24) is 0 Å². The van der Waals surface area contributed by atoms with Crippen LogP contribution in [0, 0.1) is 0 Å². The van der Waals surface area contributed by atoms with Crippen LogP contribution >= 0.6 is 58.0 Å². The molecular formula is C12H7Cl5. The molecule has 0 radical (unpaired) electrons. The average Bonchev–Trinajstić information content (AvgIpc) is 2.31. The van der Waals surface area contributed by atoms with Gasteiger partial charge in [-0.15, -0.1) is 0 Å². The van der Waals surface area contributed by atoms with E-state index in [4.69, 9.17) is 58.0 Å². The zero-order valence-corrected chi connectivity index (χ0v) is 12.2. The van der Waals surface area contributed by atoms with Crippen LogP contribution in [0.3, 0.4) is 0 Å². The van der Waals surface area contributed by atoms with Crippen LogP contribution in [0.1, 0.15) is 0 Å². The fourth-order valence-electron chi connectivity index (χ4n) is 0.917. The summed E-state index contributed by atoms with van der Waals surface area (Å²) < 4.78 is 0. The van der Waals surface area contributed by atoms with Crippen molar-refractivity contribution in [2.45, 2.75) is 0 Å². The summed E-state index contributed by atoms with van der Waals surface area (Å²) in [4.78, 5) is 0. The topological polar surface area (TPSA) is 0 Å². The van der Waals surface area contributed by atoms with Crippen molar-refractivity contribution in [2.24, 2.45) is 0 Å². The Labute approximate surface area is 125 Å². The van der Waals surface area contributed by atoms with Gasteiger partial charge >= 0.3 is 0 Å². The quantitative estimate of drug-likeness (QED) is 0.475. The maximum absolute atomic E-state index is 5.61. The summed E-state index contributed by atoms with van der Waals surface area (Å²) in [6, 6.07) is 12.3. The highest BCUT2D eigenvalue weighted by molar-refractivity contribution is 6.47. The fourth-order valence-corrected chi connectivity index (χ4v) is 1.71. The van der Waals surface area contributed by atoms with Crippen LogP contribution in [0.25, 0.3) is 0 Å². The Morgan fingerprint density at radius 1 is 0.471 bits per heavy atom. The summed E-state index contributed by atoms with van der Waals surface area (Å²) in [6.07, 6.45) is 0. The Bertz CT molecular complexity index is 455. The SMILES string of the molecule is Clc1cccc(Cl)c1Cl.Clc1ccccc1Cl. The van der Waals surface area contributed by atoms with E-state index < -0.39 is 0 Å². The first-order valence-electron chi connectivity index (χ1n) is 4.52. The molecule has 5 heteroatoms. The van der Waals surface area contributed by atoms with Crippen LogP contribution in [0.4, 0.5) is 0 Å². The lowest BCUT2D eigenvalue weighted by molar-refractivity contribution is 1.70. The van der Waals surface area contributed by atoms with Gasteiger partial charge in [0.1, 0.15) is 0 Å². The number of hydrogen-bond acceptors (Lipinski definition) is 0. The summed E-state index contributed by atoms with van der Waals surface area (Å²) in [5, 5.41) is 2.61. The van der Waals surface area contributed by atoms with Crippen molar-refractivity contribution in [3.05, 3.63) is 67.6 Å². The largest absolute Gasteiger partial charge is 0.0827 e. The Balaban J connectivity index is 0.000000171. The molecule has 0 saturated carbocycles. The van der Waals surface area contributed by atoms with Gasteiger partial charge in [0.2, 0.25) is 0 Å². The standard InChI is InChI=1S/C6H3Cl3.C6H4Cl2/c7-4-2-1-3-5(8)6(4)9;7-5-3-1-2-4-6(5)8/h1-3H;1-4H. The molecule has 0 N–H and O–H groups in total. The lowest BCUT2D eigenvalue weighted by Gasteiger charge is -1.94. The normalized spacial score (nSPS) is 9.47. The molecule has 0 aliphatic rings. The third-order valence-electron chi connectivity index (χ3n) is 1.73. The molecule has 17 heavy (non-hydrogen) atoms. The van der Waals surface area contributed by atoms with Crippen LogP contribution in [0.5, 0.6) is 0 Å². The molecule has 0 saturated heterocycles. The van der Waals surface area contributed by atoms with Gasteiger partial charge in [0.25, 0.3) is 0 Å². The van der Waals surface area contributed by atoms with Crippen molar-refractivity contribution >= 4 is 58.0 Å². The molecule has 0 atom stereocenters. The van der Waals surface area contributed by atoms with E-state index in [1.165, 1.54) is 0 Å². The fraction of sp³-hybridized carbons (Fsp3) is 0. The molecule has 90 valence electrons. The molecule has 0 nitrogen and oxygen atoms in total. The Hall–Kier alpha value is -0.110. The second-order valence-electron chi connectivity index (χ2n) is 2.95. The van der Waals surface area contributed by atoms with Crippen molar-refractivity contribution in [2.75, 3.05) is 0 Å². The summed E-state index contributed by atoms with van der Waals surface area (Å²) in [5.74, 6) is 0. The molecule has 0 aromatic heterocycles. The number of hydrogen-bond donors (Lipinski definition) is 0. The Morgan fingerprint density at radius 3 is 1.12 bits per heavy atom. The zero-order chi connectivity index (χ0) is 12.8. The van der Waals surface area contributed by atoms with Gasteiger partial charge < -0.3 is 0 Å². The molecule has 0 heterocycles. The molecule has 0 amide bonds. The van der Waals surface area contributed by atoms with Crippen molar-refractivity contribution in [3.63, 3.8) is 0 Å². The highest BCUT2D eigenvalue weighted by Gasteiger charge is 1.98. The maximum Gasteiger partial charge on any atom is 0.0778 e. The zero-order valence-electron chi connectivity index (χ0n) is 8.43. The smallest absolute Gasteiger partial charge is 0.0778 e. The minimum atomic E-state index is 0.417. The predicted molar refractivity (Wildman–Crippen MR) is 77.9 cm³/mol. The lowest BCUT2D eigenvalue weighted by atomic mass is 10.4. The highest BCUT2D eigenvalue weighted by Crippen LogP contribution is 2.28. The van der Waals surface area contributed by atoms with Crippen LogP contribution in [0.2, 0.25) is 25.1 Å². The third kappa shape index (κ3) is 4.95. The molecule has 0 bridgehead atoms. The van der Waals surface area contributed by atoms with Gasteiger partial charge in [-0.2, -0.15) is 0 Å². The van der Waals surface area contributed by atoms with Gasteiger partial charge in [0.15, 0.2) is 0 Å². The van der Waals surface area contributed by atoms with E-state index in [0.717, 1.165) is 0 Å². The molecule has 0 fully saturated rings. The van der Waals surface area contributed by atoms with Gasteiger partial charge in [0.05, 0.1) is 25.1 Å². The van der Waals surface area contributed by atoms with Gasteiger partial charge in [-0.25, -0.2) is 0 Å². The minimum Gasteiger partial charge on any atom is -0.0827 e. The first-order chi connectivity index (χ1) is 8.02. The molecular weight excluding hydrogens is 321 g/mol. The minimum absolute atomic E-state index is 0.417. The molecule has 0 spiro atoms. The van der Waals surface area contributed by atoms with E-state index in [9.17, 15) is 0 Å². The summed E-state index contributed by atoms with van der Waals surface area (Å²) in [5.41, 5.74) is 0. The van der Waals surface area contributed by atoms with E-state index in [0.29, 0.717) is 25.1 Å². The summed E-state index contributed by atoms with van der Waals surface area (Å²) in [6.45, 7) is 0. The number of benzene rings is 2. The molecule has 2 aromatic rings. The van der Waals surface area contributed by atoms with Crippen molar-refractivity contribution in [1.29, 1.82) is 0 Å². The number of rotatable bonds is 0. The van der Waals surface area contributed by atoms with E-state index in [1.807, 2.05) is 12.1 Å². The van der Waals surface area contributed by atoms with E-state index >= 15 is 0 Å². The molecule has 2 aromatic carbocycles. The summed E-state index contributed by atoms with van der Waals surface area (Å²) >= 11 is 28.0. The number of halogens is 5. The third-order valence-corrected chi connectivity index (χ3v) is 3.72. The van der Waals surface area contributed by atoms with Crippen LogP contribution in [0.15, 0.2) is 42.5 Å². The Morgan fingerprint density at radius 2 is 0.824 bits per heavy atom. The lowest BCUT2D eigenvalue weighted by Crippen LogP contribution is -1.67. The Kier molecular flexibility index (Phi) is 6.47. The van der Waals surface area contributed by atoms with Crippen molar-refractivity contribution < 1.29 is 0 Å². The van der Waals surface area contributed by atoms with Gasteiger partial charge in [-0.1, -0.05) is 76.2 Å². The van der Waals surface area contributed by atoms with E-state index in [-0.39, 0.29) is 0 Å². The van der Waals surface area contributed by atoms with Crippen LogP contribution < -0.4 is 0 Å². The second-order valence-corrected chi connectivity index (χ2v) is 4.96. The first-order valence-corrected chi connectivity index (χ1v) is 6.41. The van der Waals surface area contributed by atoms with Crippen molar-refractivity contribution in [3.8, 4) is 0 Å². The predicted octanol–water partition coefficient (Wildman–Crippen LogP) is 6.64. The summed E-state index contributed by atoms with van der Waals surface area (Å²) in [7, 11) is 0. The second kappa shape index (κ2) is 7.35. The maximum atomic E-state index is 5.61. The molecule has 0 aliphatic heterocycles. The van der Waals surface area contributed by atoms with Gasteiger partial charge in [0, 0.05) is 0 Å². The molecule has 0 aliphatic carbocycles. The monoisotopic (exact) mass is 326 g/mol. The van der Waals surface area contributed by atoms with E-state index in [1.54, 1.807) is 30.3 Å². The highest BCUT2D eigenvalue weighted by atomic mass is 35.5. The van der Waals surface area contributed by atoms with Crippen LogP contribution in [-0.2, 0) is 0 Å². The first kappa shape index (κ1) is 14.9.